The zero-order valence-electron chi connectivity index (χ0n) is 10.4. The zero-order valence-corrected chi connectivity index (χ0v) is 13.5. The van der Waals surface area contributed by atoms with Crippen LogP contribution >= 0.6 is 39.1 Å². The normalized spacial score (nSPS) is 12.6. The molecular weight excluding hydrogens is 349 g/mol. The standard InChI is InChI=1S/C14H14BrCl2NO/c1-2-4-18-13(14-12(15)3-5-19-14)9-6-10(16)8-11(17)7-9/h3,5-8,13,18H,2,4H2,1H3. The molecule has 2 nitrogen and oxygen atoms in total. The van der Waals surface area contributed by atoms with Crippen LogP contribution in [0.25, 0.3) is 0 Å². The van der Waals surface area contributed by atoms with Gasteiger partial charge in [-0.25, -0.2) is 0 Å². The fourth-order valence-corrected chi connectivity index (χ4v) is 2.88. The first kappa shape index (κ1) is 14.9. The Labute approximate surface area is 131 Å². The predicted molar refractivity (Wildman–Crippen MR) is 83.0 cm³/mol. The SMILES string of the molecule is CCCNC(c1cc(Cl)cc(Cl)c1)c1occc1Br. The first-order valence-corrected chi connectivity index (χ1v) is 7.59. The molecule has 0 saturated heterocycles. The molecule has 2 rings (SSSR count). The minimum Gasteiger partial charge on any atom is -0.466 e. The van der Waals surface area contributed by atoms with E-state index in [1.54, 1.807) is 12.3 Å². The van der Waals surface area contributed by atoms with E-state index in [0.29, 0.717) is 10.0 Å². The van der Waals surface area contributed by atoms with Gasteiger partial charge >= 0.3 is 0 Å². The quantitative estimate of drug-likeness (QED) is 0.766. The van der Waals surface area contributed by atoms with Gasteiger partial charge in [0.15, 0.2) is 0 Å². The molecule has 1 heterocycles. The van der Waals surface area contributed by atoms with Crippen molar-refractivity contribution in [3.05, 3.63) is 56.4 Å². The van der Waals surface area contributed by atoms with E-state index < -0.39 is 0 Å². The average Bonchev–Trinajstić information content (AvgIpc) is 2.75. The molecule has 102 valence electrons. The molecule has 0 spiro atoms. The maximum Gasteiger partial charge on any atom is 0.139 e. The van der Waals surface area contributed by atoms with Crippen LogP contribution in [-0.4, -0.2) is 6.54 Å². The smallest absolute Gasteiger partial charge is 0.139 e. The van der Waals surface area contributed by atoms with Crippen LogP contribution in [0, 0.1) is 0 Å². The van der Waals surface area contributed by atoms with E-state index in [2.05, 4.69) is 28.2 Å². The molecule has 5 heteroatoms. The lowest BCUT2D eigenvalue weighted by Crippen LogP contribution is -2.23. The first-order chi connectivity index (χ1) is 9.11. The van der Waals surface area contributed by atoms with Gasteiger partial charge in [0.25, 0.3) is 0 Å². The summed E-state index contributed by atoms with van der Waals surface area (Å²) in [6, 6.07) is 7.33. The number of nitrogens with one attached hydrogen (secondary N) is 1. The molecule has 0 aliphatic carbocycles. The van der Waals surface area contributed by atoms with Gasteiger partial charge in [-0.05, 0) is 58.7 Å². The molecule has 0 amide bonds. The molecule has 0 saturated carbocycles. The molecule has 0 aliphatic heterocycles. The van der Waals surface area contributed by atoms with Gasteiger partial charge < -0.3 is 9.73 Å². The second kappa shape index (κ2) is 6.80. The third kappa shape index (κ3) is 3.76. The first-order valence-electron chi connectivity index (χ1n) is 6.04. The minimum atomic E-state index is -0.0690. The lowest BCUT2D eigenvalue weighted by atomic mass is 10.0. The van der Waals surface area contributed by atoms with Gasteiger partial charge in [0.1, 0.15) is 5.76 Å². The van der Waals surface area contributed by atoms with Crippen molar-refractivity contribution in [2.75, 3.05) is 6.54 Å². The van der Waals surface area contributed by atoms with Crippen LogP contribution in [0.15, 0.2) is 39.4 Å². The summed E-state index contributed by atoms with van der Waals surface area (Å²) in [5.41, 5.74) is 0.988. The number of hydrogen-bond acceptors (Lipinski definition) is 2. The molecule has 1 N–H and O–H groups in total. The van der Waals surface area contributed by atoms with Crippen molar-refractivity contribution in [1.29, 1.82) is 0 Å². The Hall–Kier alpha value is -0.480. The zero-order chi connectivity index (χ0) is 13.8. The molecule has 1 atom stereocenters. The maximum atomic E-state index is 6.07. The Kier molecular flexibility index (Phi) is 5.34. The third-order valence-corrected chi connectivity index (χ3v) is 3.82. The summed E-state index contributed by atoms with van der Waals surface area (Å²) in [6.45, 7) is 2.99. The van der Waals surface area contributed by atoms with Crippen LogP contribution in [0.4, 0.5) is 0 Å². The van der Waals surface area contributed by atoms with Crippen molar-refractivity contribution < 1.29 is 4.42 Å². The van der Waals surface area contributed by atoms with Gasteiger partial charge in [-0.3, -0.25) is 0 Å². The van der Waals surface area contributed by atoms with Gasteiger partial charge in [0, 0.05) is 10.0 Å². The fraction of sp³-hybridized carbons (Fsp3) is 0.286. The molecule has 0 bridgehead atoms. The molecule has 19 heavy (non-hydrogen) atoms. The number of benzene rings is 1. The molecule has 1 aromatic heterocycles. The summed E-state index contributed by atoms with van der Waals surface area (Å²) < 4.78 is 6.49. The van der Waals surface area contributed by atoms with E-state index >= 15 is 0 Å². The molecule has 2 aromatic rings. The fourth-order valence-electron chi connectivity index (χ4n) is 1.90. The van der Waals surface area contributed by atoms with Gasteiger partial charge in [-0.15, -0.1) is 0 Å². The van der Waals surface area contributed by atoms with Crippen LogP contribution in [0.3, 0.4) is 0 Å². The molecule has 0 fully saturated rings. The van der Waals surface area contributed by atoms with Crippen LogP contribution in [0.1, 0.15) is 30.7 Å². The molecule has 1 unspecified atom stereocenters. The van der Waals surface area contributed by atoms with E-state index in [4.69, 9.17) is 27.6 Å². The number of furan rings is 1. The van der Waals surface area contributed by atoms with E-state index in [0.717, 1.165) is 28.8 Å². The monoisotopic (exact) mass is 361 g/mol. The van der Waals surface area contributed by atoms with E-state index in [1.165, 1.54) is 0 Å². The summed E-state index contributed by atoms with van der Waals surface area (Å²) in [5.74, 6) is 0.826. The summed E-state index contributed by atoms with van der Waals surface area (Å²) in [6.07, 6.45) is 2.69. The second-order valence-corrected chi connectivity index (χ2v) is 5.95. The Morgan fingerprint density at radius 3 is 2.47 bits per heavy atom. The third-order valence-electron chi connectivity index (χ3n) is 2.72. The number of hydrogen-bond donors (Lipinski definition) is 1. The summed E-state index contributed by atoms with van der Waals surface area (Å²) in [5, 5.41) is 4.68. The predicted octanol–water partition coefficient (Wildman–Crippen LogP) is 5.44. The van der Waals surface area contributed by atoms with Crippen molar-refractivity contribution in [2.45, 2.75) is 19.4 Å². The van der Waals surface area contributed by atoms with Crippen LogP contribution in [0.2, 0.25) is 10.0 Å². The van der Waals surface area contributed by atoms with Crippen LogP contribution in [-0.2, 0) is 0 Å². The van der Waals surface area contributed by atoms with Crippen LogP contribution < -0.4 is 5.32 Å². The molecular formula is C14H14BrCl2NO. The highest BCUT2D eigenvalue weighted by atomic mass is 79.9. The number of rotatable bonds is 5. The topological polar surface area (TPSA) is 25.2 Å². The summed E-state index contributed by atoms with van der Waals surface area (Å²) >= 11 is 15.6. The van der Waals surface area contributed by atoms with Crippen molar-refractivity contribution in [1.82, 2.24) is 5.32 Å². The van der Waals surface area contributed by atoms with Crippen molar-refractivity contribution >= 4 is 39.1 Å². The van der Waals surface area contributed by atoms with E-state index in [1.807, 2.05) is 18.2 Å². The lowest BCUT2D eigenvalue weighted by Gasteiger charge is -2.18. The summed E-state index contributed by atoms with van der Waals surface area (Å²) in [7, 11) is 0. The van der Waals surface area contributed by atoms with Crippen molar-refractivity contribution in [2.24, 2.45) is 0 Å². The Morgan fingerprint density at radius 2 is 1.95 bits per heavy atom. The van der Waals surface area contributed by atoms with Gasteiger partial charge in [-0.2, -0.15) is 0 Å². The highest BCUT2D eigenvalue weighted by Gasteiger charge is 2.20. The Bertz CT molecular complexity index is 536. The highest BCUT2D eigenvalue weighted by Crippen LogP contribution is 2.32. The Morgan fingerprint density at radius 1 is 1.26 bits per heavy atom. The molecule has 1 aromatic carbocycles. The van der Waals surface area contributed by atoms with E-state index in [9.17, 15) is 0 Å². The Balaban J connectivity index is 2.39. The second-order valence-electron chi connectivity index (χ2n) is 4.22. The molecule has 0 aliphatic rings. The largest absolute Gasteiger partial charge is 0.466 e. The van der Waals surface area contributed by atoms with Crippen molar-refractivity contribution in [3.63, 3.8) is 0 Å². The van der Waals surface area contributed by atoms with Gasteiger partial charge in [0.05, 0.1) is 16.8 Å². The average molecular weight is 363 g/mol. The van der Waals surface area contributed by atoms with E-state index in [-0.39, 0.29) is 6.04 Å². The maximum absolute atomic E-state index is 6.07. The van der Waals surface area contributed by atoms with Crippen molar-refractivity contribution in [3.8, 4) is 0 Å². The lowest BCUT2D eigenvalue weighted by molar-refractivity contribution is 0.444. The van der Waals surface area contributed by atoms with Crippen LogP contribution in [0.5, 0.6) is 0 Å². The van der Waals surface area contributed by atoms with Gasteiger partial charge in [-0.1, -0.05) is 30.1 Å². The summed E-state index contributed by atoms with van der Waals surface area (Å²) in [4.78, 5) is 0. The minimum absolute atomic E-state index is 0.0690. The highest BCUT2D eigenvalue weighted by molar-refractivity contribution is 9.10. The van der Waals surface area contributed by atoms with Gasteiger partial charge in [0.2, 0.25) is 0 Å². The number of halogens is 3. The molecule has 0 radical (unpaired) electrons.